The maximum atomic E-state index is 11.0. The molecule has 0 amide bonds. The summed E-state index contributed by atoms with van der Waals surface area (Å²) in [5.74, 6) is 0.604. The number of aryl methyl sites for hydroxylation is 2. The number of rotatable bonds is 4. The number of carboxylic acid groups (broad SMARTS) is 1. The quantitative estimate of drug-likeness (QED) is 0.906. The van der Waals surface area contributed by atoms with Crippen LogP contribution in [-0.2, 0) is 12.8 Å². The summed E-state index contributed by atoms with van der Waals surface area (Å²) in [6, 6.07) is 3.73. The first-order chi connectivity index (χ1) is 8.15. The van der Waals surface area contributed by atoms with E-state index in [4.69, 9.17) is 9.52 Å². The lowest BCUT2D eigenvalue weighted by Crippen LogP contribution is -1.97. The van der Waals surface area contributed by atoms with Gasteiger partial charge in [-0.2, -0.15) is 0 Å². The van der Waals surface area contributed by atoms with Gasteiger partial charge in [-0.3, -0.25) is 0 Å². The van der Waals surface area contributed by atoms with Crippen LogP contribution in [0.25, 0.3) is 10.8 Å². The third-order valence-corrected chi connectivity index (χ3v) is 3.55. The number of hydrogen-bond donors (Lipinski definition) is 1. The molecule has 0 unspecified atom stereocenters. The molecule has 0 fully saturated rings. The molecule has 0 radical (unpaired) electrons. The largest absolute Gasteiger partial charge is 0.477 e. The predicted octanol–water partition coefficient (Wildman–Crippen LogP) is 3.23. The van der Waals surface area contributed by atoms with Crippen molar-refractivity contribution in [1.29, 1.82) is 0 Å². The fourth-order valence-corrected chi connectivity index (χ4v) is 2.50. The Morgan fingerprint density at radius 2 is 2.18 bits per heavy atom. The maximum absolute atomic E-state index is 11.0. The van der Waals surface area contributed by atoms with Crippen molar-refractivity contribution < 1.29 is 14.3 Å². The molecule has 2 aromatic rings. The lowest BCUT2D eigenvalue weighted by Gasteiger charge is -1.89. The molecule has 4 nitrogen and oxygen atoms in total. The fourth-order valence-electron chi connectivity index (χ4n) is 1.55. The van der Waals surface area contributed by atoms with Gasteiger partial charge >= 0.3 is 5.97 Å². The third-order valence-electron chi connectivity index (χ3n) is 2.45. The lowest BCUT2D eigenvalue weighted by atomic mass is 10.3. The van der Waals surface area contributed by atoms with E-state index >= 15 is 0 Å². The van der Waals surface area contributed by atoms with Gasteiger partial charge < -0.3 is 9.52 Å². The zero-order valence-electron chi connectivity index (χ0n) is 9.69. The molecular formula is C12H13NO3S. The van der Waals surface area contributed by atoms with E-state index in [-0.39, 0.29) is 0 Å². The number of nitrogens with zero attached hydrogens (tertiary/aromatic N) is 1. The lowest BCUT2D eigenvalue weighted by molar-refractivity contribution is 0.0701. The van der Waals surface area contributed by atoms with Crippen LogP contribution in [0.4, 0.5) is 0 Å². The van der Waals surface area contributed by atoms with Crippen LogP contribution < -0.4 is 0 Å². The molecule has 0 atom stereocenters. The topological polar surface area (TPSA) is 63.3 Å². The highest BCUT2D eigenvalue weighted by Crippen LogP contribution is 2.30. The summed E-state index contributed by atoms with van der Waals surface area (Å²) in [4.78, 5) is 15.6. The number of carbonyl (C=O) groups is 1. The number of furan rings is 1. The summed E-state index contributed by atoms with van der Waals surface area (Å²) in [6.07, 6.45) is 1.43. The van der Waals surface area contributed by atoms with Crippen LogP contribution in [0.15, 0.2) is 16.5 Å². The van der Waals surface area contributed by atoms with Gasteiger partial charge in [0.25, 0.3) is 0 Å². The van der Waals surface area contributed by atoms with Crippen molar-refractivity contribution >= 4 is 17.3 Å². The van der Waals surface area contributed by atoms with Gasteiger partial charge in [-0.25, -0.2) is 9.78 Å². The highest BCUT2D eigenvalue weighted by Gasteiger charge is 2.18. The molecule has 1 N–H and O–H groups in total. The average Bonchev–Trinajstić information content (AvgIpc) is 2.94. The minimum atomic E-state index is -0.923. The Morgan fingerprint density at radius 1 is 1.41 bits per heavy atom. The second-order valence-corrected chi connectivity index (χ2v) is 4.57. The van der Waals surface area contributed by atoms with E-state index in [0.717, 1.165) is 23.5 Å². The third kappa shape index (κ3) is 2.24. The minimum Gasteiger partial charge on any atom is -0.477 e. The van der Waals surface area contributed by atoms with E-state index < -0.39 is 5.97 Å². The van der Waals surface area contributed by atoms with E-state index in [9.17, 15) is 4.79 Å². The molecule has 2 aromatic heterocycles. The maximum Gasteiger partial charge on any atom is 0.347 e. The van der Waals surface area contributed by atoms with E-state index in [2.05, 4.69) is 4.98 Å². The van der Waals surface area contributed by atoms with Gasteiger partial charge in [0, 0.05) is 6.42 Å². The first kappa shape index (κ1) is 11.9. The smallest absolute Gasteiger partial charge is 0.347 e. The summed E-state index contributed by atoms with van der Waals surface area (Å²) in [7, 11) is 0. The van der Waals surface area contributed by atoms with Crippen LogP contribution in [0.2, 0.25) is 0 Å². The van der Waals surface area contributed by atoms with Crippen molar-refractivity contribution in [3.8, 4) is 10.8 Å². The van der Waals surface area contributed by atoms with E-state index in [1.165, 1.54) is 0 Å². The van der Waals surface area contributed by atoms with Crippen molar-refractivity contribution in [3.05, 3.63) is 28.5 Å². The Labute approximate surface area is 103 Å². The zero-order chi connectivity index (χ0) is 12.4. The van der Waals surface area contributed by atoms with Crippen molar-refractivity contribution in [2.75, 3.05) is 0 Å². The first-order valence-corrected chi connectivity index (χ1v) is 6.29. The summed E-state index contributed by atoms with van der Waals surface area (Å²) in [5.41, 5.74) is 0.618. The Morgan fingerprint density at radius 3 is 2.65 bits per heavy atom. The predicted molar refractivity (Wildman–Crippen MR) is 65.5 cm³/mol. The molecule has 90 valence electrons. The second-order valence-electron chi connectivity index (χ2n) is 3.57. The Balaban J connectivity index is 2.42. The molecule has 0 aliphatic rings. The molecule has 17 heavy (non-hydrogen) atoms. The number of hydrogen-bond acceptors (Lipinski definition) is 4. The van der Waals surface area contributed by atoms with Crippen LogP contribution in [-0.4, -0.2) is 16.1 Å². The minimum absolute atomic E-state index is 0.303. The van der Waals surface area contributed by atoms with E-state index in [1.807, 2.05) is 26.0 Å². The normalized spacial score (nSPS) is 10.7. The van der Waals surface area contributed by atoms with Crippen LogP contribution >= 0.6 is 11.3 Å². The number of aromatic nitrogens is 1. The number of carboxylic acids is 1. The second kappa shape index (κ2) is 4.71. The van der Waals surface area contributed by atoms with Crippen LogP contribution in [0.5, 0.6) is 0 Å². The highest BCUT2D eigenvalue weighted by atomic mass is 32.1. The molecule has 0 spiro atoms. The summed E-state index contributed by atoms with van der Waals surface area (Å²) < 4.78 is 5.57. The molecule has 5 heteroatoms. The number of thiazole rings is 1. The van der Waals surface area contributed by atoms with Gasteiger partial charge in [0.15, 0.2) is 10.8 Å². The van der Waals surface area contributed by atoms with Gasteiger partial charge in [-0.15, -0.1) is 11.3 Å². The van der Waals surface area contributed by atoms with Crippen molar-refractivity contribution in [2.45, 2.75) is 26.7 Å². The monoisotopic (exact) mass is 251 g/mol. The van der Waals surface area contributed by atoms with Gasteiger partial charge in [-0.1, -0.05) is 13.8 Å². The molecule has 0 aliphatic carbocycles. The molecule has 2 rings (SSSR count). The summed E-state index contributed by atoms with van der Waals surface area (Å²) in [5, 5.41) is 9.69. The van der Waals surface area contributed by atoms with Crippen LogP contribution in [0.1, 0.15) is 35.0 Å². The molecule has 0 saturated heterocycles. The van der Waals surface area contributed by atoms with Crippen LogP contribution in [0, 0.1) is 0 Å². The molecule has 0 bridgehead atoms. The molecular weight excluding hydrogens is 238 g/mol. The van der Waals surface area contributed by atoms with Crippen molar-refractivity contribution in [3.63, 3.8) is 0 Å². The Bertz CT molecular complexity index is 542. The summed E-state index contributed by atoms with van der Waals surface area (Å²) in [6.45, 7) is 3.90. The molecule has 0 saturated carbocycles. The standard InChI is InChI=1S/C12H13NO3S/c1-3-7-5-6-9(16-7)11-13-8(4-2)10(17-11)12(14)15/h5-6H,3-4H2,1-2H3,(H,14,15). The molecule has 0 aliphatic heterocycles. The van der Waals surface area contributed by atoms with Gasteiger partial charge in [0.2, 0.25) is 0 Å². The SMILES string of the molecule is CCc1ccc(-c2nc(CC)c(C(=O)O)s2)o1. The van der Waals surface area contributed by atoms with Gasteiger partial charge in [0.1, 0.15) is 10.6 Å². The summed E-state index contributed by atoms with van der Waals surface area (Å²) >= 11 is 1.16. The van der Waals surface area contributed by atoms with Crippen LogP contribution in [0.3, 0.4) is 0 Å². The van der Waals surface area contributed by atoms with Crippen molar-refractivity contribution in [1.82, 2.24) is 4.98 Å². The Kier molecular flexibility index (Phi) is 3.28. The fraction of sp³-hybridized carbons (Fsp3) is 0.333. The van der Waals surface area contributed by atoms with E-state index in [1.54, 1.807) is 0 Å². The number of aromatic carboxylic acids is 1. The van der Waals surface area contributed by atoms with Crippen molar-refractivity contribution in [2.24, 2.45) is 0 Å². The van der Waals surface area contributed by atoms with Gasteiger partial charge in [0.05, 0.1) is 5.69 Å². The van der Waals surface area contributed by atoms with Gasteiger partial charge in [-0.05, 0) is 18.6 Å². The Hall–Kier alpha value is -1.62. The zero-order valence-corrected chi connectivity index (χ0v) is 10.5. The van der Waals surface area contributed by atoms with E-state index in [0.29, 0.717) is 27.8 Å². The average molecular weight is 251 g/mol. The molecule has 0 aromatic carbocycles. The first-order valence-electron chi connectivity index (χ1n) is 5.47. The molecule has 2 heterocycles. The highest BCUT2D eigenvalue weighted by molar-refractivity contribution is 7.16.